The number of carbonyl (C=O) groups is 1. The van der Waals surface area contributed by atoms with Crippen LogP contribution in [0.1, 0.15) is 44.6 Å². The number of amides is 1. The van der Waals surface area contributed by atoms with Crippen LogP contribution < -0.4 is 10.6 Å². The monoisotopic (exact) mass is 296 g/mol. The molecule has 0 spiro atoms. The molecule has 1 atom stereocenters. The van der Waals surface area contributed by atoms with Crippen LogP contribution in [0.2, 0.25) is 0 Å². The molecule has 4 heteroatoms. The second-order valence-electron chi connectivity index (χ2n) is 5.29. The summed E-state index contributed by atoms with van der Waals surface area (Å²) in [5.74, 6) is 0.136. The van der Waals surface area contributed by atoms with Crippen molar-refractivity contribution in [1.82, 2.24) is 5.32 Å². The molecule has 0 aromatic heterocycles. The van der Waals surface area contributed by atoms with E-state index >= 15 is 0 Å². The van der Waals surface area contributed by atoms with Crippen LogP contribution >= 0.6 is 12.4 Å². The van der Waals surface area contributed by atoms with Gasteiger partial charge in [0.15, 0.2) is 0 Å². The minimum Gasteiger partial charge on any atom is -0.326 e. The second-order valence-corrected chi connectivity index (χ2v) is 5.29. The lowest BCUT2D eigenvalue weighted by molar-refractivity contribution is -0.116. The SMILES string of the molecule is CCCc1ccccc1NC(=O)CCC1CCCN1.Cl. The van der Waals surface area contributed by atoms with Crippen LogP contribution in [-0.2, 0) is 11.2 Å². The molecule has 1 unspecified atom stereocenters. The Balaban J connectivity index is 0.00000200. The van der Waals surface area contributed by atoms with Crippen LogP contribution in [0.4, 0.5) is 5.69 Å². The normalized spacial score (nSPS) is 17.6. The van der Waals surface area contributed by atoms with E-state index in [0.717, 1.165) is 31.5 Å². The number of hydrogen-bond acceptors (Lipinski definition) is 2. The number of rotatable bonds is 6. The van der Waals surface area contributed by atoms with E-state index in [1.165, 1.54) is 18.4 Å². The first-order valence-corrected chi connectivity index (χ1v) is 7.40. The number of halogens is 1. The molecular formula is C16H25ClN2O. The molecule has 1 amide bonds. The predicted molar refractivity (Wildman–Crippen MR) is 86.6 cm³/mol. The van der Waals surface area contributed by atoms with Crippen LogP contribution in [0.25, 0.3) is 0 Å². The quantitative estimate of drug-likeness (QED) is 0.843. The van der Waals surface area contributed by atoms with Crippen molar-refractivity contribution in [3.8, 4) is 0 Å². The summed E-state index contributed by atoms with van der Waals surface area (Å²) in [5.41, 5.74) is 2.21. The van der Waals surface area contributed by atoms with Gasteiger partial charge >= 0.3 is 0 Å². The van der Waals surface area contributed by atoms with Gasteiger partial charge in [0.2, 0.25) is 5.91 Å². The number of hydrogen-bond donors (Lipinski definition) is 2. The molecule has 20 heavy (non-hydrogen) atoms. The third kappa shape index (κ3) is 5.14. The molecule has 0 saturated carbocycles. The van der Waals surface area contributed by atoms with E-state index in [4.69, 9.17) is 0 Å². The van der Waals surface area contributed by atoms with E-state index in [-0.39, 0.29) is 18.3 Å². The highest BCUT2D eigenvalue weighted by Gasteiger charge is 2.15. The molecule has 1 aromatic carbocycles. The average molecular weight is 297 g/mol. The van der Waals surface area contributed by atoms with Crippen molar-refractivity contribution in [2.24, 2.45) is 0 Å². The largest absolute Gasteiger partial charge is 0.326 e. The van der Waals surface area contributed by atoms with Gasteiger partial charge < -0.3 is 10.6 Å². The first kappa shape index (κ1) is 17.0. The fraction of sp³-hybridized carbons (Fsp3) is 0.562. The Hall–Kier alpha value is -1.06. The molecule has 0 bridgehead atoms. The molecule has 2 rings (SSSR count). The Morgan fingerprint density at radius 3 is 2.90 bits per heavy atom. The van der Waals surface area contributed by atoms with E-state index in [1.54, 1.807) is 0 Å². The van der Waals surface area contributed by atoms with E-state index in [0.29, 0.717) is 12.5 Å². The smallest absolute Gasteiger partial charge is 0.224 e. The lowest BCUT2D eigenvalue weighted by Crippen LogP contribution is -2.23. The predicted octanol–water partition coefficient (Wildman–Crippen LogP) is 3.53. The third-order valence-electron chi connectivity index (χ3n) is 3.69. The third-order valence-corrected chi connectivity index (χ3v) is 3.69. The molecular weight excluding hydrogens is 272 g/mol. The summed E-state index contributed by atoms with van der Waals surface area (Å²) in [6, 6.07) is 8.64. The minimum atomic E-state index is 0. The Bertz CT molecular complexity index is 417. The summed E-state index contributed by atoms with van der Waals surface area (Å²) in [5, 5.41) is 6.48. The molecule has 2 N–H and O–H groups in total. The number of benzene rings is 1. The van der Waals surface area contributed by atoms with Crippen LogP contribution in [-0.4, -0.2) is 18.5 Å². The summed E-state index contributed by atoms with van der Waals surface area (Å²) < 4.78 is 0. The van der Waals surface area contributed by atoms with Gasteiger partial charge in [-0.1, -0.05) is 31.5 Å². The van der Waals surface area contributed by atoms with Crippen molar-refractivity contribution in [1.29, 1.82) is 0 Å². The minimum absolute atomic E-state index is 0. The molecule has 1 aliphatic rings. The highest BCUT2D eigenvalue weighted by molar-refractivity contribution is 5.91. The van der Waals surface area contributed by atoms with Gasteiger partial charge in [0.05, 0.1) is 0 Å². The summed E-state index contributed by atoms with van der Waals surface area (Å²) in [4.78, 5) is 12.0. The molecule has 1 saturated heterocycles. The first-order valence-electron chi connectivity index (χ1n) is 7.40. The van der Waals surface area contributed by atoms with Gasteiger partial charge in [-0.05, 0) is 43.9 Å². The molecule has 1 heterocycles. The summed E-state index contributed by atoms with van der Waals surface area (Å²) in [6.07, 6.45) is 6.12. The number of aryl methyl sites for hydroxylation is 1. The van der Waals surface area contributed by atoms with Crippen molar-refractivity contribution >= 4 is 24.0 Å². The zero-order valence-corrected chi connectivity index (χ0v) is 13.0. The Morgan fingerprint density at radius 1 is 1.40 bits per heavy atom. The van der Waals surface area contributed by atoms with Crippen molar-refractivity contribution in [3.63, 3.8) is 0 Å². The Morgan fingerprint density at radius 2 is 2.20 bits per heavy atom. The zero-order valence-electron chi connectivity index (χ0n) is 12.2. The molecule has 1 aromatic rings. The van der Waals surface area contributed by atoms with Gasteiger partial charge in [-0.3, -0.25) is 4.79 Å². The van der Waals surface area contributed by atoms with Crippen molar-refractivity contribution in [3.05, 3.63) is 29.8 Å². The van der Waals surface area contributed by atoms with Crippen molar-refractivity contribution in [2.45, 2.75) is 51.5 Å². The number of anilines is 1. The fourth-order valence-electron chi connectivity index (χ4n) is 2.65. The Labute approximate surface area is 127 Å². The van der Waals surface area contributed by atoms with E-state index in [9.17, 15) is 4.79 Å². The van der Waals surface area contributed by atoms with Gasteiger partial charge in [-0.15, -0.1) is 12.4 Å². The van der Waals surface area contributed by atoms with E-state index < -0.39 is 0 Å². The highest BCUT2D eigenvalue weighted by Crippen LogP contribution is 2.18. The van der Waals surface area contributed by atoms with Crippen molar-refractivity contribution in [2.75, 3.05) is 11.9 Å². The molecule has 1 aliphatic heterocycles. The number of nitrogens with one attached hydrogen (secondary N) is 2. The van der Waals surface area contributed by atoms with E-state index in [1.807, 2.05) is 18.2 Å². The Kier molecular flexibility index (Phi) is 7.63. The maximum absolute atomic E-state index is 12.0. The van der Waals surface area contributed by atoms with Gasteiger partial charge in [-0.25, -0.2) is 0 Å². The highest BCUT2D eigenvalue weighted by atomic mass is 35.5. The lowest BCUT2D eigenvalue weighted by Gasteiger charge is -2.12. The summed E-state index contributed by atoms with van der Waals surface area (Å²) in [6.45, 7) is 3.26. The zero-order chi connectivity index (χ0) is 13.5. The van der Waals surface area contributed by atoms with Gasteiger partial charge in [0.25, 0.3) is 0 Å². The maximum Gasteiger partial charge on any atom is 0.224 e. The number of carbonyl (C=O) groups excluding carboxylic acids is 1. The van der Waals surface area contributed by atoms with Gasteiger partial charge in [0.1, 0.15) is 0 Å². The molecule has 1 fully saturated rings. The van der Waals surface area contributed by atoms with Crippen molar-refractivity contribution < 1.29 is 4.79 Å². The summed E-state index contributed by atoms with van der Waals surface area (Å²) in [7, 11) is 0. The van der Waals surface area contributed by atoms with Gasteiger partial charge in [0, 0.05) is 18.2 Å². The topological polar surface area (TPSA) is 41.1 Å². The second kappa shape index (κ2) is 8.98. The van der Waals surface area contributed by atoms with Crippen LogP contribution in [0.3, 0.4) is 0 Å². The average Bonchev–Trinajstić information content (AvgIpc) is 2.92. The maximum atomic E-state index is 12.0. The van der Waals surface area contributed by atoms with Crippen LogP contribution in [0.5, 0.6) is 0 Å². The number of para-hydroxylation sites is 1. The molecule has 0 radical (unpaired) electrons. The van der Waals surface area contributed by atoms with Crippen LogP contribution in [0, 0.1) is 0 Å². The van der Waals surface area contributed by atoms with Gasteiger partial charge in [-0.2, -0.15) is 0 Å². The fourth-order valence-corrected chi connectivity index (χ4v) is 2.65. The van der Waals surface area contributed by atoms with E-state index in [2.05, 4.69) is 23.6 Å². The molecule has 112 valence electrons. The van der Waals surface area contributed by atoms with Crippen LogP contribution in [0.15, 0.2) is 24.3 Å². The molecule has 3 nitrogen and oxygen atoms in total. The standard InChI is InChI=1S/C16H24N2O.ClH/c1-2-6-13-7-3-4-9-15(13)18-16(19)11-10-14-8-5-12-17-14;/h3-4,7,9,14,17H,2,5-6,8,10-12H2,1H3,(H,18,19);1H. The first-order chi connectivity index (χ1) is 9.29. The molecule has 0 aliphatic carbocycles. The summed E-state index contributed by atoms with van der Waals surface area (Å²) >= 11 is 0. The lowest BCUT2D eigenvalue weighted by atomic mass is 10.1.